The average Bonchev–Trinajstić information content (AvgIpc) is 3.28. The molecule has 2 aromatic rings. The van der Waals surface area contributed by atoms with Crippen LogP contribution in [0, 0.1) is 11.3 Å². The zero-order chi connectivity index (χ0) is 20.9. The zero-order valence-corrected chi connectivity index (χ0v) is 16.3. The van der Waals surface area contributed by atoms with E-state index in [4.69, 9.17) is 10.00 Å². The van der Waals surface area contributed by atoms with Gasteiger partial charge in [-0.2, -0.15) is 9.57 Å². The largest absolute Gasteiger partial charge is 0.452 e. The number of nitriles is 1. The molecule has 0 radical (unpaired) electrons. The third-order valence-electron chi connectivity index (χ3n) is 4.40. The topological polar surface area (TPSA) is 117 Å². The third kappa shape index (κ3) is 4.99. The van der Waals surface area contributed by atoms with Crippen molar-refractivity contribution in [3.05, 3.63) is 59.7 Å². The lowest BCUT2D eigenvalue weighted by Crippen LogP contribution is -2.28. The van der Waals surface area contributed by atoms with Crippen molar-refractivity contribution in [3.63, 3.8) is 0 Å². The number of amides is 1. The van der Waals surface area contributed by atoms with Crippen LogP contribution in [0.3, 0.4) is 0 Å². The molecule has 0 aromatic heterocycles. The smallest absolute Gasteiger partial charge is 0.338 e. The molecule has 0 atom stereocenters. The lowest BCUT2D eigenvalue weighted by atomic mass is 10.1. The van der Waals surface area contributed by atoms with E-state index >= 15 is 0 Å². The summed E-state index contributed by atoms with van der Waals surface area (Å²) in [7, 11) is -3.59. The van der Waals surface area contributed by atoms with Crippen LogP contribution in [0.2, 0.25) is 0 Å². The van der Waals surface area contributed by atoms with E-state index in [1.807, 2.05) is 6.07 Å². The lowest BCUT2D eigenvalue weighted by Gasteiger charge is -2.16. The van der Waals surface area contributed by atoms with Crippen LogP contribution in [0.4, 0.5) is 5.69 Å². The Labute approximate surface area is 168 Å². The first kappa shape index (κ1) is 20.5. The van der Waals surface area contributed by atoms with Crippen LogP contribution in [0.15, 0.2) is 53.4 Å². The van der Waals surface area contributed by atoms with Gasteiger partial charge in [-0.15, -0.1) is 0 Å². The molecule has 0 unspecified atom stereocenters. The van der Waals surface area contributed by atoms with Crippen molar-refractivity contribution in [2.45, 2.75) is 17.7 Å². The number of hydrogen-bond acceptors (Lipinski definition) is 6. The molecule has 0 saturated carbocycles. The molecule has 3 rings (SSSR count). The molecule has 1 aliphatic heterocycles. The van der Waals surface area contributed by atoms with Crippen LogP contribution >= 0.6 is 0 Å². The summed E-state index contributed by atoms with van der Waals surface area (Å²) in [5.74, 6) is -1.29. The zero-order valence-electron chi connectivity index (χ0n) is 15.5. The van der Waals surface area contributed by atoms with Crippen LogP contribution in [0.25, 0.3) is 0 Å². The number of hydrogen-bond donors (Lipinski definition) is 1. The number of anilines is 1. The average molecular weight is 413 g/mol. The maximum atomic E-state index is 12.6. The van der Waals surface area contributed by atoms with Gasteiger partial charge in [0.2, 0.25) is 10.0 Å². The first-order valence-corrected chi connectivity index (χ1v) is 10.4. The van der Waals surface area contributed by atoms with Gasteiger partial charge in [0.05, 0.1) is 22.1 Å². The second-order valence-corrected chi connectivity index (χ2v) is 8.39. The molecule has 0 bridgehead atoms. The Morgan fingerprint density at radius 1 is 1.10 bits per heavy atom. The number of nitrogens with zero attached hydrogens (tertiary/aromatic N) is 2. The van der Waals surface area contributed by atoms with Gasteiger partial charge in [-0.3, -0.25) is 4.79 Å². The highest BCUT2D eigenvalue weighted by Gasteiger charge is 2.27. The van der Waals surface area contributed by atoms with Crippen LogP contribution in [-0.2, 0) is 19.6 Å². The van der Waals surface area contributed by atoms with Crippen molar-refractivity contribution in [2.24, 2.45) is 0 Å². The molecule has 1 heterocycles. The van der Waals surface area contributed by atoms with E-state index in [2.05, 4.69) is 5.32 Å². The van der Waals surface area contributed by atoms with E-state index in [1.165, 1.54) is 40.7 Å². The molecule has 2 aromatic carbocycles. The van der Waals surface area contributed by atoms with Crippen molar-refractivity contribution in [2.75, 3.05) is 25.0 Å². The standard InChI is InChI=1S/C20H19N3O5S/c21-13-15-6-8-16(9-7-15)20(25)28-14-19(24)22-17-4-3-5-18(12-17)29(26,27)23-10-1-2-11-23/h3-9,12H,1-2,10-11,14H2,(H,22,24). The molecule has 150 valence electrons. The van der Waals surface area contributed by atoms with E-state index in [1.54, 1.807) is 12.1 Å². The fraction of sp³-hybridized carbons (Fsp3) is 0.250. The van der Waals surface area contributed by atoms with Gasteiger partial charge in [-0.25, -0.2) is 13.2 Å². The van der Waals surface area contributed by atoms with Crippen molar-refractivity contribution < 1.29 is 22.7 Å². The summed E-state index contributed by atoms with van der Waals surface area (Å²) in [4.78, 5) is 24.1. The second kappa shape index (κ2) is 8.86. The Morgan fingerprint density at radius 2 is 1.79 bits per heavy atom. The van der Waals surface area contributed by atoms with E-state index in [0.717, 1.165) is 12.8 Å². The number of nitrogens with one attached hydrogen (secondary N) is 1. The van der Waals surface area contributed by atoms with Gasteiger partial charge < -0.3 is 10.1 Å². The van der Waals surface area contributed by atoms with E-state index in [-0.39, 0.29) is 10.5 Å². The van der Waals surface area contributed by atoms with Crippen molar-refractivity contribution in [1.29, 1.82) is 5.26 Å². The number of rotatable bonds is 6. The summed E-state index contributed by atoms with van der Waals surface area (Å²) in [6.07, 6.45) is 1.67. The van der Waals surface area contributed by atoms with Crippen molar-refractivity contribution in [1.82, 2.24) is 4.31 Å². The Kier molecular flexibility index (Phi) is 6.26. The fourth-order valence-electron chi connectivity index (χ4n) is 2.90. The molecular formula is C20H19N3O5S. The summed E-state index contributed by atoms with van der Waals surface area (Å²) >= 11 is 0. The van der Waals surface area contributed by atoms with Gasteiger partial charge in [-0.1, -0.05) is 6.07 Å². The van der Waals surface area contributed by atoms with Gasteiger partial charge in [0.15, 0.2) is 6.61 Å². The highest BCUT2D eigenvalue weighted by molar-refractivity contribution is 7.89. The SMILES string of the molecule is N#Cc1ccc(C(=O)OCC(=O)Nc2cccc(S(=O)(=O)N3CCCC3)c2)cc1. The maximum absolute atomic E-state index is 12.6. The minimum Gasteiger partial charge on any atom is -0.452 e. The van der Waals surface area contributed by atoms with Crippen molar-refractivity contribution >= 4 is 27.6 Å². The Morgan fingerprint density at radius 3 is 2.45 bits per heavy atom. The minimum atomic E-state index is -3.59. The minimum absolute atomic E-state index is 0.103. The predicted molar refractivity (Wildman–Crippen MR) is 105 cm³/mol. The van der Waals surface area contributed by atoms with Crippen LogP contribution in [-0.4, -0.2) is 44.3 Å². The van der Waals surface area contributed by atoms with Crippen molar-refractivity contribution in [3.8, 4) is 6.07 Å². The molecule has 1 N–H and O–H groups in total. The molecule has 1 aliphatic rings. The first-order valence-electron chi connectivity index (χ1n) is 8.97. The Bertz CT molecular complexity index is 1050. The number of ether oxygens (including phenoxy) is 1. The Balaban J connectivity index is 1.59. The molecule has 9 heteroatoms. The van der Waals surface area contributed by atoms with Gasteiger partial charge in [0.1, 0.15) is 0 Å². The van der Waals surface area contributed by atoms with E-state index in [0.29, 0.717) is 24.3 Å². The number of benzene rings is 2. The highest BCUT2D eigenvalue weighted by Crippen LogP contribution is 2.23. The summed E-state index contributed by atoms with van der Waals surface area (Å²) in [6.45, 7) is 0.455. The summed E-state index contributed by atoms with van der Waals surface area (Å²) in [5.41, 5.74) is 0.920. The number of esters is 1. The molecule has 1 fully saturated rings. The van der Waals surface area contributed by atoms with E-state index < -0.39 is 28.5 Å². The summed E-state index contributed by atoms with van der Waals surface area (Å²) in [5, 5.41) is 11.3. The molecule has 29 heavy (non-hydrogen) atoms. The maximum Gasteiger partial charge on any atom is 0.338 e. The normalized spacial score (nSPS) is 14.2. The van der Waals surface area contributed by atoms with Crippen LogP contribution in [0.5, 0.6) is 0 Å². The highest BCUT2D eigenvalue weighted by atomic mass is 32.2. The summed E-state index contributed by atoms with van der Waals surface area (Å²) < 4.78 is 31.6. The first-order chi connectivity index (χ1) is 13.9. The number of sulfonamides is 1. The third-order valence-corrected chi connectivity index (χ3v) is 6.30. The van der Waals surface area contributed by atoms with Gasteiger partial charge in [-0.05, 0) is 55.3 Å². The number of carbonyl (C=O) groups excluding carboxylic acids is 2. The molecule has 0 spiro atoms. The van der Waals surface area contributed by atoms with Crippen LogP contribution in [0.1, 0.15) is 28.8 Å². The molecule has 1 amide bonds. The molecule has 0 aliphatic carbocycles. The monoisotopic (exact) mass is 413 g/mol. The molecule has 1 saturated heterocycles. The van der Waals surface area contributed by atoms with Gasteiger partial charge in [0.25, 0.3) is 5.91 Å². The fourth-order valence-corrected chi connectivity index (χ4v) is 4.47. The van der Waals surface area contributed by atoms with Gasteiger partial charge >= 0.3 is 5.97 Å². The van der Waals surface area contributed by atoms with E-state index in [9.17, 15) is 18.0 Å². The quantitative estimate of drug-likeness (QED) is 0.725. The molecule has 8 nitrogen and oxygen atoms in total. The lowest BCUT2D eigenvalue weighted by molar-refractivity contribution is -0.119. The van der Waals surface area contributed by atoms with Gasteiger partial charge in [0, 0.05) is 18.8 Å². The predicted octanol–water partition coefficient (Wildman–Crippen LogP) is 2.14. The molecular weight excluding hydrogens is 394 g/mol. The second-order valence-electron chi connectivity index (χ2n) is 6.45. The number of carbonyl (C=O) groups is 2. The Hall–Kier alpha value is -3.22. The van der Waals surface area contributed by atoms with Crippen LogP contribution < -0.4 is 5.32 Å². The summed E-state index contributed by atoms with van der Waals surface area (Å²) in [6, 6.07) is 13.7.